The van der Waals surface area contributed by atoms with Gasteiger partial charge in [0, 0.05) is 26.7 Å². The first-order valence-electron chi connectivity index (χ1n) is 7.44. The van der Waals surface area contributed by atoms with Gasteiger partial charge in [-0.1, -0.05) is 26.0 Å². The molecule has 0 aliphatic heterocycles. The first-order valence-corrected chi connectivity index (χ1v) is 8.24. The average Bonchev–Trinajstić information content (AvgIpc) is 2.49. The Labute approximate surface area is 140 Å². The van der Waals surface area contributed by atoms with E-state index in [-0.39, 0.29) is 11.8 Å². The van der Waals surface area contributed by atoms with Crippen LogP contribution in [0, 0.1) is 5.92 Å². The van der Waals surface area contributed by atoms with E-state index in [1.807, 2.05) is 38.1 Å². The molecule has 0 saturated carbocycles. The summed E-state index contributed by atoms with van der Waals surface area (Å²) in [5, 5.41) is 6.08. The highest BCUT2D eigenvalue weighted by atomic mass is 79.9. The third-order valence-electron chi connectivity index (χ3n) is 3.04. The molecule has 2 N–H and O–H groups in total. The Kier molecular flexibility index (Phi) is 9.11. The Balaban J connectivity index is 2.46. The monoisotopic (exact) mass is 372 g/mol. The second-order valence-electron chi connectivity index (χ2n) is 5.25. The topological polar surface area (TPSA) is 59.6 Å². The van der Waals surface area contributed by atoms with Gasteiger partial charge in [0.15, 0.2) is 6.10 Å². The highest BCUT2D eigenvalue weighted by molar-refractivity contribution is 9.10. The minimum absolute atomic E-state index is 0.0774. The number of halogens is 1. The van der Waals surface area contributed by atoms with Gasteiger partial charge in [-0.05, 0) is 34.0 Å². The summed E-state index contributed by atoms with van der Waals surface area (Å²) >= 11 is 3.43. The standard InChI is InChI=1S/C16H25BrN2O3/c1-12(2)15(22-14-7-5-4-6-13(14)17)16(20)19-9-8-18-10-11-21-3/h4-7,12,15,18H,8-11H2,1-3H3,(H,19,20). The Morgan fingerprint density at radius 3 is 2.59 bits per heavy atom. The lowest BCUT2D eigenvalue weighted by Crippen LogP contribution is -2.44. The fourth-order valence-corrected chi connectivity index (χ4v) is 2.22. The molecule has 1 atom stereocenters. The Hall–Kier alpha value is -1.11. The molecule has 1 aromatic carbocycles. The van der Waals surface area contributed by atoms with E-state index >= 15 is 0 Å². The lowest BCUT2D eigenvalue weighted by atomic mass is 10.1. The van der Waals surface area contributed by atoms with Crippen molar-refractivity contribution in [2.75, 3.05) is 33.4 Å². The number of nitrogens with one attached hydrogen (secondary N) is 2. The molecule has 0 saturated heterocycles. The second kappa shape index (κ2) is 10.6. The van der Waals surface area contributed by atoms with Gasteiger partial charge in [-0.2, -0.15) is 0 Å². The number of ether oxygens (including phenoxy) is 2. The van der Waals surface area contributed by atoms with Gasteiger partial charge in [0.25, 0.3) is 5.91 Å². The number of hydrogen-bond acceptors (Lipinski definition) is 4. The van der Waals surface area contributed by atoms with E-state index in [1.165, 1.54) is 0 Å². The molecule has 0 radical (unpaired) electrons. The molecule has 0 aliphatic carbocycles. The largest absolute Gasteiger partial charge is 0.479 e. The van der Waals surface area contributed by atoms with Crippen LogP contribution in [0.25, 0.3) is 0 Å². The summed E-state index contributed by atoms with van der Waals surface area (Å²) < 4.78 is 11.6. The predicted octanol–water partition coefficient (Wildman–Crippen LogP) is 2.20. The van der Waals surface area contributed by atoms with Gasteiger partial charge in [-0.3, -0.25) is 4.79 Å². The van der Waals surface area contributed by atoms with E-state index in [2.05, 4.69) is 26.6 Å². The van der Waals surface area contributed by atoms with Crippen molar-refractivity contribution < 1.29 is 14.3 Å². The first kappa shape index (κ1) is 18.9. The van der Waals surface area contributed by atoms with E-state index in [0.29, 0.717) is 25.4 Å². The van der Waals surface area contributed by atoms with Crippen LogP contribution in [0.4, 0.5) is 0 Å². The molecule has 0 bridgehead atoms. The molecule has 0 fully saturated rings. The zero-order chi connectivity index (χ0) is 16.4. The number of benzene rings is 1. The van der Waals surface area contributed by atoms with Crippen molar-refractivity contribution in [1.29, 1.82) is 0 Å². The van der Waals surface area contributed by atoms with Crippen LogP contribution in [0.1, 0.15) is 13.8 Å². The fraction of sp³-hybridized carbons (Fsp3) is 0.562. The molecule has 1 aromatic rings. The number of para-hydroxylation sites is 1. The molecule has 6 heteroatoms. The van der Waals surface area contributed by atoms with Gasteiger partial charge in [-0.25, -0.2) is 0 Å². The smallest absolute Gasteiger partial charge is 0.261 e. The molecular formula is C16H25BrN2O3. The van der Waals surface area contributed by atoms with Gasteiger partial charge in [-0.15, -0.1) is 0 Å². The van der Waals surface area contributed by atoms with Gasteiger partial charge in [0.05, 0.1) is 11.1 Å². The lowest BCUT2D eigenvalue weighted by Gasteiger charge is -2.22. The molecule has 0 spiro atoms. The van der Waals surface area contributed by atoms with Gasteiger partial charge in [0.1, 0.15) is 5.75 Å². The normalized spacial score (nSPS) is 12.2. The molecule has 124 valence electrons. The molecule has 22 heavy (non-hydrogen) atoms. The van der Waals surface area contributed by atoms with Gasteiger partial charge in [0.2, 0.25) is 0 Å². The van der Waals surface area contributed by atoms with Crippen LogP contribution < -0.4 is 15.4 Å². The summed E-state index contributed by atoms with van der Waals surface area (Å²) in [7, 11) is 1.66. The Bertz CT molecular complexity index is 455. The van der Waals surface area contributed by atoms with Crippen molar-refractivity contribution in [3.05, 3.63) is 28.7 Å². The van der Waals surface area contributed by atoms with Crippen molar-refractivity contribution in [3.63, 3.8) is 0 Å². The van der Waals surface area contributed by atoms with Crippen LogP contribution in [-0.4, -0.2) is 45.4 Å². The summed E-state index contributed by atoms with van der Waals surface area (Å²) in [6, 6.07) is 7.53. The number of carbonyl (C=O) groups is 1. The molecule has 0 aliphatic rings. The zero-order valence-electron chi connectivity index (χ0n) is 13.4. The van der Waals surface area contributed by atoms with Crippen molar-refractivity contribution in [1.82, 2.24) is 10.6 Å². The molecule has 1 amide bonds. The summed E-state index contributed by atoms with van der Waals surface area (Å²) in [6.45, 7) is 6.64. The van der Waals surface area contributed by atoms with Crippen molar-refractivity contribution in [2.24, 2.45) is 5.92 Å². The number of amides is 1. The minimum Gasteiger partial charge on any atom is -0.479 e. The SMILES string of the molecule is COCCNCCNC(=O)C(Oc1ccccc1Br)C(C)C. The number of methoxy groups -OCH3 is 1. The number of carbonyl (C=O) groups excluding carboxylic acids is 1. The molecule has 5 nitrogen and oxygen atoms in total. The maximum Gasteiger partial charge on any atom is 0.261 e. The summed E-state index contributed by atoms with van der Waals surface area (Å²) in [4.78, 5) is 12.3. The summed E-state index contributed by atoms with van der Waals surface area (Å²) in [5.41, 5.74) is 0. The van der Waals surface area contributed by atoms with E-state index in [9.17, 15) is 4.79 Å². The number of rotatable bonds is 10. The Morgan fingerprint density at radius 1 is 1.23 bits per heavy atom. The van der Waals surface area contributed by atoms with Crippen molar-refractivity contribution in [3.8, 4) is 5.75 Å². The third kappa shape index (κ3) is 6.77. The second-order valence-corrected chi connectivity index (χ2v) is 6.10. The van der Waals surface area contributed by atoms with E-state index in [0.717, 1.165) is 11.0 Å². The van der Waals surface area contributed by atoms with Crippen LogP contribution in [0.5, 0.6) is 5.75 Å². The molecule has 1 unspecified atom stereocenters. The zero-order valence-corrected chi connectivity index (χ0v) is 15.0. The fourth-order valence-electron chi connectivity index (χ4n) is 1.84. The van der Waals surface area contributed by atoms with E-state index in [1.54, 1.807) is 7.11 Å². The lowest BCUT2D eigenvalue weighted by molar-refractivity contribution is -0.129. The van der Waals surface area contributed by atoms with Gasteiger partial charge < -0.3 is 20.1 Å². The van der Waals surface area contributed by atoms with Gasteiger partial charge >= 0.3 is 0 Å². The highest BCUT2D eigenvalue weighted by Gasteiger charge is 2.24. The average molecular weight is 373 g/mol. The molecule has 1 rings (SSSR count). The van der Waals surface area contributed by atoms with Crippen LogP contribution in [0.2, 0.25) is 0 Å². The van der Waals surface area contributed by atoms with Crippen LogP contribution >= 0.6 is 15.9 Å². The van der Waals surface area contributed by atoms with Crippen molar-refractivity contribution in [2.45, 2.75) is 20.0 Å². The molecule has 0 aromatic heterocycles. The summed E-state index contributed by atoms with van der Waals surface area (Å²) in [5.74, 6) is 0.655. The maximum absolute atomic E-state index is 12.3. The third-order valence-corrected chi connectivity index (χ3v) is 3.69. The molecular weight excluding hydrogens is 348 g/mol. The minimum atomic E-state index is -0.516. The quantitative estimate of drug-likeness (QED) is 0.618. The van der Waals surface area contributed by atoms with E-state index in [4.69, 9.17) is 9.47 Å². The van der Waals surface area contributed by atoms with Crippen LogP contribution in [0.3, 0.4) is 0 Å². The van der Waals surface area contributed by atoms with Crippen LogP contribution in [0.15, 0.2) is 28.7 Å². The van der Waals surface area contributed by atoms with Crippen molar-refractivity contribution >= 4 is 21.8 Å². The first-order chi connectivity index (χ1) is 10.6. The van der Waals surface area contributed by atoms with E-state index < -0.39 is 6.10 Å². The highest BCUT2D eigenvalue weighted by Crippen LogP contribution is 2.26. The van der Waals surface area contributed by atoms with Crippen LogP contribution in [-0.2, 0) is 9.53 Å². The summed E-state index contributed by atoms with van der Waals surface area (Å²) in [6.07, 6.45) is -0.516. The maximum atomic E-state index is 12.3. The predicted molar refractivity (Wildman–Crippen MR) is 91.2 cm³/mol. The molecule has 0 heterocycles. The number of hydrogen-bond donors (Lipinski definition) is 2. The Morgan fingerprint density at radius 2 is 1.95 bits per heavy atom.